The maximum absolute atomic E-state index is 12.9. The maximum atomic E-state index is 12.9. The molecule has 0 heterocycles. The van der Waals surface area contributed by atoms with Crippen LogP contribution in [-0.4, -0.2) is 32.0 Å². The van der Waals surface area contributed by atoms with Crippen molar-refractivity contribution in [2.75, 3.05) is 21.1 Å². The standard InChI is InChI=1S/C19H25FN4.HI/c1-21-19(23-13-16-8-10-18(20)11-9-16)22-12-15-4-6-17(7-5-15)14-24(2)3;/h4-11H,12-14H2,1-3H3,(H2,21,22,23);1H. The van der Waals surface area contributed by atoms with Crippen LogP contribution in [0.4, 0.5) is 4.39 Å². The molecule has 0 aliphatic heterocycles. The van der Waals surface area contributed by atoms with Gasteiger partial charge in [-0.1, -0.05) is 36.4 Å². The number of aliphatic imine (C=N–C) groups is 1. The topological polar surface area (TPSA) is 39.7 Å². The highest BCUT2D eigenvalue weighted by Gasteiger charge is 2.01. The molecule has 0 fully saturated rings. The van der Waals surface area contributed by atoms with Gasteiger partial charge in [0.05, 0.1) is 0 Å². The minimum Gasteiger partial charge on any atom is -0.352 e. The molecule has 0 saturated carbocycles. The molecule has 0 aliphatic rings. The van der Waals surface area contributed by atoms with Gasteiger partial charge >= 0.3 is 0 Å². The number of nitrogens with zero attached hydrogens (tertiary/aromatic N) is 2. The molecule has 25 heavy (non-hydrogen) atoms. The first-order chi connectivity index (χ1) is 11.6. The zero-order valence-electron chi connectivity index (χ0n) is 14.9. The van der Waals surface area contributed by atoms with Crippen molar-refractivity contribution in [2.45, 2.75) is 19.6 Å². The normalized spacial score (nSPS) is 11.2. The molecule has 136 valence electrons. The number of nitrogens with one attached hydrogen (secondary N) is 2. The van der Waals surface area contributed by atoms with E-state index in [2.05, 4.69) is 58.9 Å². The van der Waals surface area contributed by atoms with Crippen LogP contribution in [0, 0.1) is 5.82 Å². The van der Waals surface area contributed by atoms with E-state index in [-0.39, 0.29) is 29.8 Å². The molecular formula is C19H26FIN4. The van der Waals surface area contributed by atoms with Gasteiger partial charge in [0.15, 0.2) is 5.96 Å². The summed E-state index contributed by atoms with van der Waals surface area (Å²) in [5.41, 5.74) is 3.50. The van der Waals surface area contributed by atoms with E-state index in [1.807, 2.05) is 0 Å². The summed E-state index contributed by atoms with van der Waals surface area (Å²) in [6.07, 6.45) is 0. The van der Waals surface area contributed by atoms with Gasteiger partial charge < -0.3 is 15.5 Å². The van der Waals surface area contributed by atoms with Crippen LogP contribution < -0.4 is 10.6 Å². The Kier molecular flexibility index (Phi) is 9.44. The minimum absolute atomic E-state index is 0. The molecule has 6 heteroatoms. The second kappa shape index (κ2) is 11.0. The fourth-order valence-electron chi connectivity index (χ4n) is 2.32. The Labute approximate surface area is 166 Å². The zero-order valence-corrected chi connectivity index (χ0v) is 17.3. The molecule has 2 aromatic carbocycles. The van der Waals surface area contributed by atoms with Crippen LogP contribution in [0.5, 0.6) is 0 Å². The van der Waals surface area contributed by atoms with E-state index < -0.39 is 0 Å². The van der Waals surface area contributed by atoms with Gasteiger partial charge in [-0.3, -0.25) is 4.99 Å². The van der Waals surface area contributed by atoms with E-state index in [1.54, 1.807) is 19.2 Å². The molecule has 0 bridgehead atoms. The van der Waals surface area contributed by atoms with Gasteiger partial charge in [-0.2, -0.15) is 0 Å². The molecule has 2 rings (SSSR count). The van der Waals surface area contributed by atoms with E-state index >= 15 is 0 Å². The summed E-state index contributed by atoms with van der Waals surface area (Å²) in [6.45, 7) is 2.24. The molecule has 0 aliphatic carbocycles. The summed E-state index contributed by atoms with van der Waals surface area (Å²) in [5.74, 6) is 0.496. The Morgan fingerprint density at radius 2 is 1.32 bits per heavy atom. The van der Waals surface area contributed by atoms with Crippen LogP contribution in [0.1, 0.15) is 16.7 Å². The Morgan fingerprint density at radius 3 is 1.76 bits per heavy atom. The van der Waals surface area contributed by atoms with Crippen LogP contribution in [0.15, 0.2) is 53.5 Å². The molecule has 0 spiro atoms. The van der Waals surface area contributed by atoms with Crippen molar-refractivity contribution in [3.63, 3.8) is 0 Å². The lowest BCUT2D eigenvalue weighted by Gasteiger charge is -2.13. The third-order valence-electron chi connectivity index (χ3n) is 3.58. The van der Waals surface area contributed by atoms with E-state index in [9.17, 15) is 4.39 Å². The highest BCUT2D eigenvalue weighted by atomic mass is 127. The molecule has 0 amide bonds. The van der Waals surface area contributed by atoms with Crippen LogP contribution in [-0.2, 0) is 19.6 Å². The largest absolute Gasteiger partial charge is 0.352 e. The Morgan fingerprint density at radius 1 is 0.880 bits per heavy atom. The molecule has 2 aromatic rings. The second-order valence-corrected chi connectivity index (χ2v) is 5.96. The van der Waals surface area contributed by atoms with E-state index in [1.165, 1.54) is 23.3 Å². The van der Waals surface area contributed by atoms with Crippen molar-refractivity contribution >= 4 is 29.9 Å². The Balaban J connectivity index is 0.00000312. The Bertz CT molecular complexity index is 654. The van der Waals surface area contributed by atoms with Gasteiger partial charge in [0.2, 0.25) is 0 Å². The SMILES string of the molecule is CN=C(NCc1ccc(F)cc1)NCc1ccc(CN(C)C)cc1.I. The van der Waals surface area contributed by atoms with Crippen molar-refractivity contribution in [1.82, 2.24) is 15.5 Å². The minimum atomic E-state index is -0.223. The van der Waals surface area contributed by atoms with Crippen LogP contribution in [0.25, 0.3) is 0 Å². The summed E-state index contributed by atoms with van der Waals surface area (Å²) in [4.78, 5) is 6.35. The lowest BCUT2D eigenvalue weighted by molar-refractivity contribution is 0.402. The fourth-order valence-corrected chi connectivity index (χ4v) is 2.32. The third-order valence-corrected chi connectivity index (χ3v) is 3.58. The average Bonchev–Trinajstić information content (AvgIpc) is 2.57. The number of guanidine groups is 1. The van der Waals surface area contributed by atoms with Gasteiger partial charge in [0.1, 0.15) is 5.82 Å². The first kappa shape index (κ1) is 21.4. The van der Waals surface area contributed by atoms with Crippen LogP contribution >= 0.6 is 24.0 Å². The predicted molar refractivity (Wildman–Crippen MR) is 113 cm³/mol. The monoisotopic (exact) mass is 456 g/mol. The molecule has 0 aromatic heterocycles. The van der Waals surface area contributed by atoms with Gasteiger partial charge in [0, 0.05) is 26.7 Å². The van der Waals surface area contributed by atoms with Gasteiger partial charge in [-0.15, -0.1) is 24.0 Å². The molecule has 0 saturated heterocycles. The Hall–Kier alpha value is -1.67. The van der Waals surface area contributed by atoms with Crippen molar-refractivity contribution in [1.29, 1.82) is 0 Å². The molecule has 0 unspecified atom stereocenters. The maximum Gasteiger partial charge on any atom is 0.191 e. The summed E-state index contributed by atoms with van der Waals surface area (Å²) in [5, 5.41) is 6.50. The fraction of sp³-hybridized carbons (Fsp3) is 0.316. The average molecular weight is 456 g/mol. The van der Waals surface area contributed by atoms with Crippen LogP contribution in [0.2, 0.25) is 0 Å². The molecular weight excluding hydrogens is 430 g/mol. The molecule has 0 radical (unpaired) electrons. The first-order valence-corrected chi connectivity index (χ1v) is 7.98. The summed E-state index contributed by atoms with van der Waals surface area (Å²) < 4.78 is 12.9. The van der Waals surface area contributed by atoms with Gasteiger partial charge in [-0.25, -0.2) is 4.39 Å². The summed E-state index contributed by atoms with van der Waals surface area (Å²) in [7, 11) is 5.86. The predicted octanol–water partition coefficient (Wildman–Crippen LogP) is 3.37. The van der Waals surface area contributed by atoms with Crippen molar-refractivity contribution < 1.29 is 4.39 Å². The lowest BCUT2D eigenvalue weighted by atomic mass is 10.1. The van der Waals surface area contributed by atoms with Crippen molar-refractivity contribution in [3.05, 3.63) is 71.0 Å². The molecule has 0 atom stereocenters. The smallest absolute Gasteiger partial charge is 0.191 e. The highest BCUT2D eigenvalue weighted by Crippen LogP contribution is 2.06. The quantitative estimate of drug-likeness (QED) is 0.398. The number of benzene rings is 2. The van der Waals surface area contributed by atoms with Gasteiger partial charge in [0.25, 0.3) is 0 Å². The molecule has 4 nitrogen and oxygen atoms in total. The number of hydrogen-bond donors (Lipinski definition) is 2. The van der Waals surface area contributed by atoms with E-state index in [0.717, 1.165) is 18.1 Å². The van der Waals surface area contributed by atoms with Crippen molar-refractivity contribution in [3.8, 4) is 0 Å². The van der Waals surface area contributed by atoms with Crippen LogP contribution in [0.3, 0.4) is 0 Å². The lowest BCUT2D eigenvalue weighted by Crippen LogP contribution is -2.36. The molecule has 2 N–H and O–H groups in total. The number of hydrogen-bond acceptors (Lipinski definition) is 2. The van der Waals surface area contributed by atoms with Gasteiger partial charge in [-0.05, 0) is 42.9 Å². The summed E-state index contributed by atoms with van der Waals surface area (Å²) >= 11 is 0. The second-order valence-electron chi connectivity index (χ2n) is 5.96. The summed E-state index contributed by atoms with van der Waals surface area (Å²) in [6, 6.07) is 15.0. The zero-order chi connectivity index (χ0) is 17.4. The van der Waals surface area contributed by atoms with E-state index in [0.29, 0.717) is 13.1 Å². The highest BCUT2D eigenvalue weighted by molar-refractivity contribution is 14.0. The first-order valence-electron chi connectivity index (χ1n) is 7.98. The van der Waals surface area contributed by atoms with E-state index in [4.69, 9.17) is 0 Å². The van der Waals surface area contributed by atoms with Crippen molar-refractivity contribution in [2.24, 2.45) is 4.99 Å². The number of halogens is 2. The number of rotatable bonds is 6. The third kappa shape index (κ3) is 7.83.